The van der Waals surface area contributed by atoms with Gasteiger partial charge >= 0.3 is 0 Å². The van der Waals surface area contributed by atoms with Gasteiger partial charge in [-0.15, -0.1) is 0 Å². The molecule has 1 fully saturated rings. The SMILES string of the molecule is Cc1cc(C(C#N)c2nc3ccccc3o2)nc(N2CCN(C(c3ccccc3)c3ccccc3)CC2)n1. The molecule has 3 aromatic carbocycles. The van der Waals surface area contributed by atoms with E-state index < -0.39 is 5.92 Å². The Labute approximate surface area is 222 Å². The highest BCUT2D eigenvalue weighted by atomic mass is 16.3. The van der Waals surface area contributed by atoms with E-state index in [4.69, 9.17) is 14.4 Å². The van der Waals surface area contributed by atoms with E-state index in [-0.39, 0.29) is 6.04 Å². The molecule has 3 heterocycles. The number of para-hydroxylation sites is 2. The van der Waals surface area contributed by atoms with Gasteiger partial charge in [-0.3, -0.25) is 4.90 Å². The second-order valence-corrected chi connectivity index (χ2v) is 9.56. The number of hydrogen-bond acceptors (Lipinski definition) is 7. The third-order valence-corrected chi connectivity index (χ3v) is 7.04. The smallest absolute Gasteiger partial charge is 0.225 e. The number of aromatic nitrogens is 3. The van der Waals surface area contributed by atoms with Crippen LogP contribution in [0.2, 0.25) is 0 Å². The number of fused-ring (bicyclic) bond motifs is 1. The van der Waals surface area contributed by atoms with Crippen LogP contribution in [-0.4, -0.2) is 46.0 Å². The van der Waals surface area contributed by atoms with E-state index in [1.807, 2.05) is 37.3 Å². The van der Waals surface area contributed by atoms with Gasteiger partial charge in [-0.25, -0.2) is 15.0 Å². The fourth-order valence-corrected chi connectivity index (χ4v) is 5.19. The Hall–Kier alpha value is -4.54. The van der Waals surface area contributed by atoms with Crippen molar-refractivity contribution in [1.82, 2.24) is 19.9 Å². The van der Waals surface area contributed by atoms with Crippen molar-refractivity contribution < 1.29 is 4.42 Å². The van der Waals surface area contributed by atoms with Crippen molar-refractivity contribution >= 4 is 17.0 Å². The second-order valence-electron chi connectivity index (χ2n) is 9.56. The molecule has 0 aliphatic carbocycles. The molecular weight excluding hydrogens is 472 g/mol. The van der Waals surface area contributed by atoms with Gasteiger partial charge in [-0.05, 0) is 36.2 Å². The lowest BCUT2D eigenvalue weighted by atomic mass is 9.96. The maximum atomic E-state index is 10.0. The maximum Gasteiger partial charge on any atom is 0.225 e. The topological polar surface area (TPSA) is 82.1 Å². The minimum Gasteiger partial charge on any atom is -0.439 e. The molecule has 2 aromatic heterocycles. The first-order chi connectivity index (χ1) is 18.7. The molecule has 0 amide bonds. The van der Waals surface area contributed by atoms with E-state index in [0.29, 0.717) is 23.1 Å². The summed E-state index contributed by atoms with van der Waals surface area (Å²) in [5.74, 6) is 0.299. The van der Waals surface area contributed by atoms with E-state index in [9.17, 15) is 5.26 Å². The molecule has 38 heavy (non-hydrogen) atoms. The summed E-state index contributed by atoms with van der Waals surface area (Å²) >= 11 is 0. The Bertz CT molecular complexity index is 1500. The maximum absolute atomic E-state index is 10.0. The van der Waals surface area contributed by atoms with Crippen LogP contribution >= 0.6 is 0 Å². The zero-order chi connectivity index (χ0) is 25.9. The number of rotatable bonds is 6. The molecule has 1 saturated heterocycles. The third-order valence-electron chi connectivity index (χ3n) is 7.04. The normalized spacial score (nSPS) is 15.0. The molecule has 0 saturated carbocycles. The average molecular weight is 501 g/mol. The van der Waals surface area contributed by atoms with Crippen LogP contribution in [-0.2, 0) is 0 Å². The van der Waals surface area contributed by atoms with Crippen molar-refractivity contribution in [2.45, 2.75) is 18.9 Å². The summed E-state index contributed by atoms with van der Waals surface area (Å²) in [5.41, 5.74) is 5.39. The van der Waals surface area contributed by atoms with Gasteiger partial charge in [0.1, 0.15) is 5.52 Å². The van der Waals surface area contributed by atoms with Crippen LogP contribution in [0.15, 0.2) is 95.4 Å². The summed E-state index contributed by atoms with van der Waals surface area (Å²) in [6, 6.07) is 33.3. The molecule has 1 unspecified atom stereocenters. The zero-order valence-electron chi connectivity index (χ0n) is 21.2. The molecule has 0 radical (unpaired) electrons. The van der Waals surface area contributed by atoms with Crippen LogP contribution in [0, 0.1) is 18.3 Å². The average Bonchev–Trinajstić information content (AvgIpc) is 3.39. The molecule has 188 valence electrons. The molecule has 5 aromatic rings. The summed E-state index contributed by atoms with van der Waals surface area (Å²) < 4.78 is 5.91. The molecule has 7 nitrogen and oxygen atoms in total. The second kappa shape index (κ2) is 10.4. The largest absolute Gasteiger partial charge is 0.439 e. The first-order valence-corrected chi connectivity index (χ1v) is 12.9. The van der Waals surface area contributed by atoms with Crippen LogP contribution in [0.1, 0.15) is 40.4 Å². The van der Waals surface area contributed by atoms with Crippen molar-refractivity contribution in [2.75, 3.05) is 31.1 Å². The minimum absolute atomic E-state index is 0.190. The lowest BCUT2D eigenvalue weighted by molar-refractivity contribution is 0.211. The molecule has 1 aliphatic heterocycles. The van der Waals surface area contributed by atoms with E-state index in [1.165, 1.54) is 11.1 Å². The van der Waals surface area contributed by atoms with Crippen LogP contribution < -0.4 is 4.90 Å². The van der Waals surface area contributed by atoms with E-state index >= 15 is 0 Å². The molecule has 7 heteroatoms. The van der Waals surface area contributed by atoms with Crippen molar-refractivity contribution in [3.63, 3.8) is 0 Å². The fourth-order valence-electron chi connectivity index (χ4n) is 5.19. The number of anilines is 1. The summed E-state index contributed by atoms with van der Waals surface area (Å²) in [5, 5.41) is 10.0. The van der Waals surface area contributed by atoms with Gasteiger partial charge in [0, 0.05) is 31.9 Å². The van der Waals surface area contributed by atoms with Gasteiger partial charge in [0.05, 0.1) is 17.8 Å². The Morgan fingerprint density at radius 3 is 2.05 bits per heavy atom. The number of nitriles is 1. The Morgan fingerprint density at radius 1 is 0.789 bits per heavy atom. The molecule has 0 spiro atoms. The van der Waals surface area contributed by atoms with Gasteiger partial charge in [0.15, 0.2) is 11.5 Å². The predicted octanol–water partition coefficient (Wildman–Crippen LogP) is 5.49. The molecule has 6 rings (SSSR count). The fraction of sp³-hybridized carbons (Fsp3) is 0.226. The van der Waals surface area contributed by atoms with Gasteiger partial charge in [0.2, 0.25) is 11.8 Å². The highest BCUT2D eigenvalue weighted by Gasteiger charge is 2.29. The monoisotopic (exact) mass is 500 g/mol. The van der Waals surface area contributed by atoms with Crippen molar-refractivity contribution in [2.24, 2.45) is 0 Å². The standard InChI is InChI=1S/C31H28N6O/c1-22-20-27(25(21-32)30-34-26-14-8-9-15-28(26)38-30)35-31(33-22)37-18-16-36(17-19-37)29(23-10-4-2-5-11-23)24-12-6-3-7-13-24/h2-15,20,25,29H,16-19H2,1H3. The summed E-state index contributed by atoms with van der Waals surface area (Å²) in [7, 11) is 0. The van der Waals surface area contributed by atoms with Crippen LogP contribution in [0.5, 0.6) is 0 Å². The quantitative estimate of drug-likeness (QED) is 0.305. The van der Waals surface area contributed by atoms with E-state index in [1.54, 1.807) is 0 Å². The van der Waals surface area contributed by atoms with Crippen molar-refractivity contribution in [3.05, 3.63) is 119 Å². The summed E-state index contributed by atoms with van der Waals surface area (Å²) in [4.78, 5) is 18.8. The summed E-state index contributed by atoms with van der Waals surface area (Å²) in [6.07, 6.45) is 0. The highest BCUT2D eigenvalue weighted by molar-refractivity contribution is 5.72. The number of nitrogens with zero attached hydrogens (tertiary/aromatic N) is 6. The number of piperazine rings is 1. The van der Waals surface area contributed by atoms with Crippen molar-refractivity contribution in [3.8, 4) is 6.07 Å². The number of hydrogen-bond donors (Lipinski definition) is 0. The minimum atomic E-state index is -0.704. The number of benzene rings is 3. The van der Waals surface area contributed by atoms with Gasteiger partial charge < -0.3 is 9.32 Å². The third kappa shape index (κ3) is 4.74. The van der Waals surface area contributed by atoms with Gasteiger partial charge in [-0.1, -0.05) is 72.8 Å². The first-order valence-electron chi connectivity index (χ1n) is 12.9. The van der Waals surface area contributed by atoms with E-state index in [0.717, 1.165) is 37.4 Å². The van der Waals surface area contributed by atoms with Gasteiger partial charge in [-0.2, -0.15) is 5.26 Å². The highest BCUT2D eigenvalue weighted by Crippen LogP contribution is 2.31. The van der Waals surface area contributed by atoms with Crippen LogP contribution in [0.3, 0.4) is 0 Å². The Balaban J connectivity index is 1.24. The lowest BCUT2D eigenvalue weighted by Gasteiger charge is -2.40. The Morgan fingerprint density at radius 2 is 1.42 bits per heavy atom. The van der Waals surface area contributed by atoms with Crippen LogP contribution in [0.25, 0.3) is 11.1 Å². The molecule has 0 N–H and O–H groups in total. The lowest BCUT2D eigenvalue weighted by Crippen LogP contribution is -2.48. The van der Waals surface area contributed by atoms with Gasteiger partial charge in [0.25, 0.3) is 0 Å². The van der Waals surface area contributed by atoms with Crippen molar-refractivity contribution in [1.29, 1.82) is 5.26 Å². The molecular formula is C31H28N6O. The molecule has 0 bridgehead atoms. The molecule has 1 aliphatic rings. The first kappa shape index (κ1) is 23.8. The van der Waals surface area contributed by atoms with Crippen LogP contribution in [0.4, 0.5) is 5.95 Å². The molecule has 1 atom stereocenters. The zero-order valence-corrected chi connectivity index (χ0v) is 21.2. The Kier molecular flexibility index (Phi) is 6.55. The predicted molar refractivity (Wildman–Crippen MR) is 147 cm³/mol. The number of aryl methyl sites for hydroxylation is 1. The number of oxazole rings is 1. The van der Waals surface area contributed by atoms with E-state index in [2.05, 4.69) is 81.5 Å². The summed E-state index contributed by atoms with van der Waals surface area (Å²) in [6.45, 7) is 5.26.